The van der Waals surface area contributed by atoms with Gasteiger partial charge in [-0.1, -0.05) is 35.9 Å². The predicted octanol–water partition coefficient (Wildman–Crippen LogP) is 6.19. The van der Waals surface area contributed by atoms with Crippen LogP contribution in [0, 0.1) is 0 Å². The smallest absolute Gasteiger partial charge is 0.339 e. The van der Waals surface area contributed by atoms with Crippen LogP contribution in [0.2, 0.25) is 5.02 Å². The monoisotopic (exact) mass is 528 g/mol. The van der Waals surface area contributed by atoms with Gasteiger partial charge in [0.2, 0.25) is 0 Å². The topological polar surface area (TPSA) is 86.8 Å². The van der Waals surface area contributed by atoms with Gasteiger partial charge in [-0.3, -0.25) is 4.79 Å². The zero-order chi connectivity index (χ0) is 26.6. The molecule has 0 spiro atoms. The number of carbonyl (C=O) groups is 2. The number of methoxy groups -OCH3 is 2. The lowest BCUT2D eigenvalue weighted by molar-refractivity contribution is -0.119. The molecule has 0 atom stereocenters. The van der Waals surface area contributed by atoms with Crippen LogP contribution >= 0.6 is 11.6 Å². The van der Waals surface area contributed by atoms with Crippen LogP contribution in [0.3, 0.4) is 0 Å². The van der Waals surface area contributed by atoms with Gasteiger partial charge < -0.3 is 19.5 Å². The third-order valence-electron chi connectivity index (χ3n) is 6.36. The van der Waals surface area contributed by atoms with E-state index >= 15 is 0 Å². The molecule has 1 N–H and O–H groups in total. The van der Waals surface area contributed by atoms with Crippen molar-refractivity contribution >= 4 is 51.7 Å². The Labute approximate surface area is 225 Å². The summed E-state index contributed by atoms with van der Waals surface area (Å²) in [5, 5.41) is 3.96. The molecule has 1 aromatic heterocycles. The van der Waals surface area contributed by atoms with Crippen molar-refractivity contribution in [3.05, 3.63) is 94.1 Å². The van der Waals surface area contributed by atoms with Crippen LogP contribution in [0.15, 0.2) is 66.7 Å². The van der Waals surface area contributed by atoms with E-state index in [0.717, 1.165) is 22.4 Å². The molecule has 7 nitrogen and oxygen atoms in total. The van der Waals surface area contributed by atoms with Crippen molar-refractivity contribution in [3.8, 4) is 11.5 Å². The van der Waals surface area contributed by atoms with E-state index in [-0.39, 0.29) is 0 Å². The number of carbonyl (C=O) groups excluding carboxylic acids is 2. The molecule has 38 heavy (non-hydrogen) atoms. The summed E-state index contributed by atoms with van der Waals surface area (Å²) in [4.78, 5) is 30.7. The zero-order valence-corrected chi connectivity index (χ0v) is 21.7. The molecule has 1 aliphatic carbocycles. The highest BCUT2D eigenvalue weighted by atomic mass is 35.5. The lowest BCUT2D eigenvalue weighted by atomic mass is 10.0. The van der Waals surface area contributed by atoms with Crippen molar-refractivity contribution in [2.75, 3.05) is 26.1 Å². The Balaban J connectivity index is 1.43. The van der Waals surface area contributed by atoms with Gasteiger partial charge in [0.25, 0.3) is 5.91 Å². The number of fused-ring (bicyclic) bond motifs is 2. The number of hydrogen-bond acceptors (Lipinski definition) is 6. The fraction of sp³-hybridized carbons (Fsp3) is 0.167. The highest BCUT2D eigenvalue weighted by Crippen LogP contribution is 2.38. The number of pyridine rings is 1. The molecule has 1 aliphatic rings. The van der Waals surface area contributed by atoms with Crippen LogP contribution in [0.25, 0.3) is 22.6 Å². The molecule has 0 fully saturated rings. The van der Waals surface area contributed by atoms with Crippen LogP contribution < -0.4 is 14.8 Å². The summed E-state index contributed by atoms with van der Waals surface area (Å²) in [6.45, 7) is -0.415. The van der Waals surface area contributed by atoms with Gasteiger partial charge in [0.05, 0.1) is 31.0 Å². The first kappa shape index (κ1) is 25.3. The number of allylic oxidation sites excluding steroid dienone is 1. The van der Waals surface area contributed by atoms with Gasteiger partial charge in [0, 0.05) is 16.1 Å². The van der Waals surface area contributed by atoms with Crippen LogP contribution in [0.1, 0.15) is 33.6 Å². The summed E-state index contributed by atoms with van der Waals surface area (Å²) < 4.78 is 16.3. The first-order chi connectivity index (χ1) is 18.5. The molecule has 4 aromatic rings. The molecule has 0 bridgehead atoms. The van der Waals surface area contributed by atoms with Gasteiger partial charge in [0.1, 0.15) is 0 Å². The van der Waals surface area contributed by atoms with E-state index in [1.165, 1.54) is 0 Å². The molecule has 0 saturated heterocycles. The van der Waals surface area contributed by atoms with Crippen LogP contribution in [-0.4, -0.2) is 37.7 Å². The molecular formula is C30H25ClN2O5. The van der Waals surface area contributed by atoms with E-state index in [1.807, 2.05) is 48.5 Å². The number of aromatic nitrogens is 1. The number of hydrogen-bond donors (Lipinski definition) is 1. The van der Waals surface area contributed by atoms with Gasteiger partial charge in [0.15, 0.2) is 18.1 Å². The van der Waals surface area contributed by atoms with Gasteiger partial charge in [-0.05, 0) is 78.1 Å². The van der Waals surface area contributed by atoms with Crippen LogP contribution in [-0.2, 0) is 16.0 Å². The third kappa shape index (κ3) is 5.19. The molecule has 1 amide bonds. The number of nitrogens with zero attached hydrogens (tertiary/aromatic N) is 1. The molecule has 0 aliphatic heterocycles. The number of halogens is 1. The number of rotatable bonds is 7. The zero-order valence-electron chi connectivity index (χ0n) is 20.9. The molecule has 5 rings (SSSR count). The Morgan fingerprint density at radius 3 is 2.50 bits per heavy atom. The average molecular weight is 529 g/mol. The summed E-state index contributed by atoms with van der Waals surface area (Å²) in [7, 11) is 3.20. The predicted molar refractivity (Wildman–Crippen MR) is 148 cm³/mol. The second-order valence-electron chi connectivity index (χ2n) is 8.75. The highest BCUT2D eigenvalue weighted by Gasteiger charge is 2.28. The fourth-order valence-electron chi connectivity index (χ4n) is 4.59. The minimum atomic E-state index is -0.557. The number of amides is 1. The number of nitrogens with one attached hydrogen (secondary N) is 1. The van der Waals surface area contributed by atoms with Crippen LogP contribution in [0.4, 0.5) is 5.69 Å². The number of anilines is 1. The van der Waals surface area contributed by atoms with Gasteiger partial charge in [-0.15, -0.1) is 0 Å². The van der Waals surface area contributed by atoms with Gasteiger partial charge >= 0.3 is 5.97 Å². The summed E-state index contributed by atoms with van der Waals surface area (Å²) in [6.07, 6.45) is 3.39. The number of esters is 1. The summed E-state index contributed by atoms with van der Waals surface area (Å²) in [6, 6.07) is 19.8. The van der Waals surface area contributed by atoms with Crippen molar-refractivity contribution in [2.24, 2.45) is 0 Å². The second kappa shape index (κ2) is 10.9. The van der Waals surface area contributed by atoms with E-state index in [0.29, 0.717) is 51.5 Å². The van der Waals surface area contributed by atoms with Crippen LogP contribution in [0.5, 0.6) is 11.5 Å². The van der Waals surface area contributed by atoms with Crippen molar-refractivity contribution in [3.63, 3.8) is 0 Å². The Morgan fingerprint density at radius 2 is 1.74 bits per heavy atom. The number of para-hydroxylation sites is 1. The Hall–Kier alpha value is -4.36. The Bertz CT molecular complexity index is 1560. The van der Waals surface area contributed by atoms with E-state index in [9.17, 15) is 9.59 Å². The minimum absolute atomic E-state index is 0.415. The van der Waals surface area contributed by atoms with Gasteiger partial charge in [-0.2, -0.15) is 0 Å². The molecule has 192 valence electrons. The normalized spacial score (nSPS) is 13.3. The summed E-state index contributed by atoms with van der Waals surface area (Å²) >= 11 is 5.89. The third-order valence-corrected chi connectivity index (χ3v) is 6.61. The molecule has 3 aromatic carbocycles. The highest BCUT2D eigenvalue weighted by molar-refractivity contribution is 6.30. The molecule has 1 heterocycles. The SMILES string of the molecule is COc1ccc(C=C2CCc3c2nc2ccccc2c3C(=O)OCC(=O)Nc2ccc(Cl)cc2)cc1OC. The van der Waals surface area contributed by atoms with E-state index in [4.69, 9.17) is 30.8 Å². The summed E-state index contributed by atoms with van der Waals surface area (Å²) in [5.74, 6) is 0.284. The van der Waals surface area contributed by atoms with E-state index in [1.54, 1.807) is 38.5 Å². The molecule has 8 heteroatoms. The van der Waals surface area contributed by atoms with Crippen molar-refractivity contribution in [1.29, 1.82) is 0 Å². The number of benzene rings is 3. The minimum Gasteiger partial charge on any atom is -0.493 e. The largest absolute Gasteiger partial charge is 0.493 e. The Morgan fingerprint density at radius 1 is 0.974 bits per heavy atom. The fourth-order valence-corrected chi connectivity index (χ4v) is 4.72. The lowest BCUT2D eigenvalue weighted by Gasteiger charge is -2.13. The Kier molecular flexibility index (Phi) is 7.29. The lowest BCUT2D eigenvalue weighted by Crippen LogP contribution is -2.21. The van der Waals surface area contributed by atoms with E-state index in [2.05, 4.69) is 5.32 Å². The van der Waals surface area contributed by atoms with Crippen molar-refractivity contribution < 1.29 is 23.8 Å². The maximum Gasteiger partial charge on any atom is 0.339 e. The van der Waals surface area contributed by atoms with Crippen molar-refractivity contribution in [2.45, 2.75) is 12.8 Å². The molecule has 0 saturated carbocycles. The maximum absolute atomic E-state index is 13.3. The van der Waals surface area contributed by atoms with Gasteiger partial charge in [-0.25, -0.2) is 9.78 Å². The second-order valence-corrected chi connectivity index (χ2v) is 9.18. The quantitative estimate of drug-likeness (QED) is 0.288. The van der Waals surface area contributed by atoms with E-state index < -0.39 is 18.5 Å². The van der Waals surface area contributed by atoms with Crippen molar-refractivity contribution in [1.82, 2.24) is 4.98 Å². The molecule has 0 unspecified atom stereocenters. The standard InChI is InChI=1S/C30H25ClN2O5/c1-36-25-14-7-18(16-26(25)37-2)15-19-8-13-23-28(22-5-3-4-6-24(22)33-29(19)23)30(35)38-17-27(34)32-21-11-9-20(31)10-12-21/h3-7,9-12,14-16H,8,13,17H2,1-2H3,(H,32,34). The first-order valence-corrected chi connectivity index (χ1v) is 12.4. The summed E-state index contributed by atoms with van der Waals surface area (Å²) in [5.41, 5.74) is 5.21. The number of ether oxygens (including phenoxy) is 3. The first-order valence-electron chi connectivity index (χ1n) is 12.0. The molecular weight excluding hydrogens is 504 g/mol. The average Bonchev–Trinajstić information content (AvgIpc) is 3.33. The maximum atomic E-state index is 13.3. The molecule has 0 radical (unpaired) electrons.